The third-order valence-electron chi connectivity index (χ3n) is 7.85. The number of benzene rings is 4. The molecule has 0 unspecified atom stereocenters. The van der Waals surface area contributed by atoms with Crippen LogP contribution in [-0.4, -0.2) is 9.49 Å². The molecule has 7 nitrogen and oxygen atoms in total. The molecule has 0 spiro atoms. The van der Waals surface area contributed by atoms with Gasteiger partial charge in [0.15, 0.2) is 4.80 Å². The first kappa shape index (κ1) is 28.1. The van der Waals surface area contributed by atoms with E-state index >= 15 is 0 Å². The van der Waals surface area contributed by atoms with Crippen molar-refractivity contribution in [3.8, 4) is 5.75 Å². The molecule has 4 aromatic carbocycles. The first-order valence-electron chi connectivity index (χ1n) is 13.9. The Morgan fingerprint density at radius 1 is 1.05 bits per heavy atom. The molecule has 5 aromatic rings. The number of allylic oxidation sites excluding steroid dienone is 1. The van der Waals surface area contributed by atoms with Crippen LogP contribution < -0.4 is 19.6 Å². The van der Waals surface area contributed by atoms with Gasteiger partial charge in [0.25, 0.3) is 11.2 Å². The minimum Gasteiger partial charge on any atom is -0.488 e. The van der Waals surface area contributed by atoms with E-state index in [4.69, 9.17) is 9.73 Å². The largest absolute Gasteiger partial charge is 0.488 e. The lowest BCUT2D eigenvalue weighted by atomic mass is 9.83. The van der Waals surface area contributed by atoms with Crippen LogP contribution in [0.3, 0.4) is 0 Å². The lowest BCUT2D eigenvalue weighted by Gasteiger charge is -2.30. The van der Waals surface area contributed by atoms with Gasteiger partial charge in [-0.05, 0) is 99.1 Å². The molecule has 7 rings (SSSR count). The Labute approximate surface area is 263 Å². The summed E-state index contributed by atoms with van der Waals surface area (Å²) >= 11 is 4.91. The van der Waals surface area contributed by atoms with Gasteiger partial charge in [-0.3, -0.25) is 19.5 Å². The molecule has 44 heavy (non-hydrogen) atoms. The van der Waals surface area contributed by atoms with Gasteiger partial charge in [-0.15, -0.1) is 0 Å². The third kappa shape index (κ3) is 5.20. The quantitative estimate of drug-likeness (QED) is 0.149. The summed E-state index contributed by atoms with van der Waals surface area (Å²) in [5.74, 6) is 0.278. The Kier molecular flexibility index (Phi) is 7.31. The Balaban J connectivity index is 1.25. The van der Waals surface area contributed by atoms with E-state index in [-0.39, 0.29) is 29.7 Å². The standard InChI is InChI=1S/C34H23BrFN3O4S/c35-28-17-21(7-16-29(28)43-19-20-5-13-25(14-6-20)39(41)42)18-30-33(40)38-32(23-8-11-24(36)12-9-23)27-15-10-22-3-1-2-4-26(22)31(27)37-34(38)44-30/h1-9,11-14,16-18,32H,10,15,19H2/b30-18+/t32-/m0/s1. The Morgan fingerprint density at radius 2 is 1.82 bits per heavy atom. The van der Waals surface area contributed by atoms with Gasteiger partial charge in [0.2, 0.25) is 0 Å². The number of fused-ring (bicyclic) bond motifs is 3. The molecule has 1 atom stereocenters. The summed E-state index contributed by atoms with van der Waals surface area (Å²) in [6, 6.07) is 26.0. The molecule has 0 radical (unpaired) electrons. The van der Waals surface area contributed by atoms with Crippen molar-refractivity contribution in [2.75, 3.05) is 0 Å². The highest BCUT2D eigenvalue weighted by Crippen LogP contribution is 2.41. The fourth-order valence-electron chi connectivity index (χ4n) is 5.72. The minimum absolute atomic E-state index is 0.0264. The molecule has 2 heterocycles. The zero-order valence-corrected chi connectivity index (χ0v) is 25.5. The predicted octanol–water partition coefficient (Wildman–Crippen LogP) is 6.71. The number of nitrogens with zero attached hydrogens (tertiary/aromatic N) is 3. The van der Waals surface area contributed by atoms with E-state index in [0.29, 0.717) is 19.6 Å². The molecular formula is C34H23BrFN3O4S. The van der Waals surface area contributed by atoms with Gasteiger partial charge in [0.05, 0.1) is 25.7 Å². The molecule has 218 valence electrons. The SMILES string of the molecule is O=c1/c(=C\c2ccc(OCc3ccc([N+](=O)[O-])cc3)c(Br)c2)sc2n1[C@@H](c1ccc(F)cc1)C1=C(N=2)c2ccccc2CC1. The van der Waals surface area contributed by atoms with Crippen LogP contribution >= 0.6 is 27.3 Å². The zero-order chi connectivity index (χ0) is 30.4. The normalized spacial score (nSPS) is 15.7. The summed E-state index contributed by atoms with van der Waals surface area (Å²) in [7, 11) is 0. The van der Waals surface area contributed by atoms with Crippen LogP contribution in [-0.2, 0) is 13.0 Å². The van der Waals surface area contributed by atoms with Gasteiger partial charge in [-0.1, -0.05) is 53.8 Å². The van der Waals surface area contributed by atoms with Gasteiger partial charge in [0.1, 0.15) is 18.2 Å². The summed E-state index contributed by atoms with van der Waals surface area (Å²) in [6.07, 6.45) is 3.45. The summed E-state index contributed by atoms with van der Waals surface area (Å²) in [4.78, 5) is 30.1. The summed E-state index contributed by atoms with van der Waals surface area (Å²) in [5, 5.41) is 10.9. The summed E-state index contributed by atoms with van der Waals surface area (Å²) in [5.41, 5.74) is 6.59. The van der Waals surface area contributed by atoms with Crippen molar-refractivity contribution >= 4 is 44.7 Å². The molecule has 10 heteroatoms. The van der Waals surface area contributed by atoms with Crippen LogP contribution in [0, 0.1) is 15.9 Å². The molecule has 0 fully saturated rings. The Hall–Kier alpha value is -4.67. The van der Waals surface area contributed by atoms with Crippen LogP contribution in [0.25, 0.3) is 11.8 Å². The first-order valence-corrected chi connectivity index (χ1v) is 15.5. The smallest absolute Gasteiger partial charge is 0.271 e. The van der Waals surface area contributed by atoms with E-state index in [2.05, 4.69) is 28.1 Å². The molecule has 1 aromatic heterocycles. The highest BCUT2D eigenvalue weighted by Gasteiger charge is 2.32. The topological polar surface area (TPSA) is 86.7 Å². The number of halogens is 2. The number of ether oxygens (including phenoxy) is 1. The number of thiazole rings is 1. The van der Waals surface area contributed by atoms with Crippen LogP contribution in [0.1, 0.15) is 40.3 Å². The van der Waals surface area contributed by atoms with Gasteiger partial charge in [-0.2, -0.15) is 0 Å². The van der Waals surface area contributed by atoms with Gasteiger partial charge in [0, 0.05) is 17.7 Å². The van der Waals surface area contributed by atoms with Crippen LogP contribution in [0.5, 0.6) is 5.75 Å². The van der Waals surface area contributed by atoms with Crippen LogP contribution in [0.2, 0.25) is 0 Å². The predicted molar refractivity (Wildman–Crippen MR) is 171 cm³/mol. The molecule has 1 aliphatic carbocycles. The maximum atomic E-state index is 14.0. The molecule has 2 aliphatic rings. The molecule has 0 N–H and O–H groups in total. The van der Waals surface area contributed by atoms with Crippen molar-refractivity contribution in [1.29, 1.82) is 0 Å². The maximum absolute atomic E-state index is 14.0. The number of rotatable bonds is 6. The van der Waals surface area contributed by atoms with Gasteiger partial charge >= 0.3 is 0 Å². The Bertz CT molecular complexity index is 2150. The second-order valence-electron chi connectivity index (χ2n) is 10.6. The van der Waals surface area contributed by atoms with Crippen molar-refractivity contribution in [2.24, 2.45) is 4.99 Å². The van der Waals surface area contributed by atoms with Gasteiger partial charge in [-0.25, -0.2) is 9.38 Å². The highest BCUT2D eigenvalue weighted by atomic mass is 79.9. The number of hydrogen-bond donors (Lipinski definition) is 0. The summed E-state index contributed by atoms with van der Waals surface area (Å²) < 4.78 is 22.8. The number of aromatic nitrogens is 1. The highest BCUT2D eigenvalue weighted by molar-refractivity contribution is 9.10. The maximum Gasteiger partial charge on any atom is 0.271 e. The average molecular weight is 669 g/mol. The zero-order valence-electron chi connectivity index (χ0n) is 23.1. The van der Waals surface area contributed by atoms with E-state index in [9.17, 15) is 19.3 Å². The molecule has 0 saturated heterocycles. The average Bonchev–Trinajstić information content (AvgIpc) is 3.34. The molecule has 1 aliphatic heterocycles. The lowest BCUT2D eigenvalue weighted by Crippen LogP contribution is -2.38. The minimum atomic E-state index is -0.437. The fourth-order valence-corrected chi connectivity index (χ4v) is 7.23. The molecular weight excluding hydrogens is 645 g/mol. The van der Waals surface area contributed by atoms with E-state index in [1.165, 1.54) is 41.2 Å². The summed E-state index contributed by atoms with van der Waals surface area (Å²) in [6.45, 7) is 0.242. The van der Waals surface area contributed by atoms with E-state index in [0.717, 1.165) is 46.4 Å². The second kappa shape index (κ2) is 11.4. The van der Waals surface area contributed by atoms with Crippen molar-refractivity contribution in [1.82, 2.24) is 4.57 Å². The number of non-ortho nitro benzene ring substituents is 1. The fraction of sp³-hybridized carbons (Fsp3) is 0.118. The first-order chi connectivity index (χ1) is 21.4. The van der Waals surface area contributed by atoms with Crippen molar-refractivity contribution in [3.63, 3.8) is 0 Å². The monoisotopic (exact) mass is 667 g/mol. The van der Waals surface area contributed by atoms with Crippen LogP contribution in [0.15, 0.2) is 111 Å². The molecule has 0 saturated carbocycles. The Morgan fingerprint density at radius 3 is 2.57 bits per heavy atom. The third-order valence-corrected chi connectivity index (χ3v) is 9.46. The number of nitro benzene ring substituents is 1. The number of aryl methyl sites for hydroxylation is 1. The van der Waals surface area contributed by atoms with E-state index < -0.39 is 4.92 Å². The molecule has 0 amide bonds. The molecule has 0 bridgehead atoms. The van der Waals surface area contributed by atoms with Crippen molar-refractivity contribution < 1.29 is 14.1 Å². The van der Waals surface area contributed by atoms with Crippen molar-refractivity contribution in [2.45, 2.75) is 25.5 Å². The van der Waals surface area contributed by atoms with E-state index in [1.54, 1.807) is 28.8 Å². The van der Waals surface area contributed by atoms with Crippen LogP contribution in [0.4, 0.5) is 10.1 Å². The number of hydrogen-bond acceptors (Lipinski definition) is 6. The van der Waals surface area contributed by atoms with Gasteiger partial charge < -0.3 is 4.74 Å². The second-order valence-corrected chi connectivity index (χ2v) is 12.4. The van der Waals surface area contributed by atoms with Crippen molar-refractivity contribution in [3.05, 3.63) is 164 Å². The van der Waals surface area contributed by atoms with E-state index in [1.807, 2.05) is 36.4 Å². The number of nitro groups is 1. The lowest BCUT2D eigenvalue weighted by molar-refractivity contribution is -0.384.